The molecule has 0 radical (unpaired) electrons. The molecule has 0 saturated heterocycles. The maximum Gasteiger partial charge on any atom is 0.260 e. The van der Waals surface area contributed by atoms with Crippen molar-refractivity contribution in [2.24, 2.45) is 0 Å². The lowest BCUT2D eigenvalue weighted by atomic mass is 10.1. The first-order valence-electron chi connectivity index (χ1n) is 10.6. The summed E-state index contributed by atoms with van der Waals surface area (Å²) in [5.41, 5.74) is 5.15. The fourth-order valence-corrected chi connectivity index (χ4v) is 4.33. The monoisotopic (exact) mass is 456 g/mol. The number of rotatable bonds is 3. The van der Waals surface area contributed by atoms with Gasteiger partial charge in [-0.25, -0.2) is 0 Å². The van der Waals surface area contributed by atoms with Crippen molar-refractivity contribution in [1.29, 1.82) is 0 Å². The Balaban J connectivity index is 1.43. The van der Waals surface area contributed by atoms with E-state index in [-0.39, 0.29) is 16.8 Å². The Morgan fingerprint density at radius 1 is 0.939 bits per heavy atom. The molecule has 2 heterocycles. The van der Waals surface area contributed by atoms with E-state index >= 15 is 0 Å². The van der Waals surface area contributed by atoms with Gasteiger partial charge in [0.15, 0.2) is 0 Å². The number of halogens is 1. The SMILES string of the molecule is Cc1ccccc1C(=O)Nc1ccc(C(=O)N2Cc3ccnn3Cc3ccccc32)c(Cl)c1. The molecule has 0 unspecified atom stereocenters. The van der Waals surface area contributed by atoms with E-state index in [0.29, 0.717) is 29.9 Å². The van der Waals surface area contributed by atoms with Gasteiger partial charge in [0.25, 0.3) is 11.8 Å². The number of anilines is 2. The number of benzene rings is 3. The smallest absolute Gasteiger partial charge is 0.260 e. The lowest BCUT2D eigenvalue weighted by Crippen LogP contribution is -2.31. The third-order valence-corrected chi connectivity index (χ3v) is 6.13. The molecule has 1 aromatic heterocycles. The zero-order chi connectivity index (χ0) is 22.9. The Hall–Kier alpha value is -3.90. The van der Waals surface area contributed by atoms with Gasteiger partial charge in [-0.1, -0.05) is 48.0 Å². The van der Waals surface area contributed by atoms with Gasteiger partial charge in [-0.3, -0.25) is 14.3 Å². The molecule has 5 rings (SSSR count). The van der Waals surface area contributed by atoms with E-state index in [1.54, 1.807) is 35.4 Å². The maximum atomic E-state index is 13.6. The van der Waals surface area contributed by atoms with Gasteiger partial charge in [0.2, 0.25) is 0 Å². The summed E-state index contributed by atoms with van der Waals surface area (Å²) in [5.74, 6) is -0.433. The third kappa shape index (κ3) is 4.01. The van der Waals surface area contributed by atoms with Crippen molar-refractivity contribution in [3.63, 3.8) is 0 Å². The Bertz CT molecular complexity index is 1380. The van der Waals surface area contributed by atoms with Crippen molar-refractivity contribution >= 4 is 34.8 Å². The predicted molar refractivity (Wildman–Crippen MR) is 129 cm³/mol. The van der Waals surface area contributed by atoms with Gasteiger partial charge in [0.05, 0.1) is 29.4 Å². The highest BCUT2D eigenvalue weighted by atomic mass is 35.5. The van der Waals surface area contributed by atoms with Gasteiger partial charge >= 0.3 is 0 Å². The molecular weight excluding hydrogens is 436 g/mol. The average Bonchev–Trinajstić information content (AvgIpc) is 3.18. The number of nitrogens with one attached hydrogen (secondary N) is 1. The van der Waals surface area contributed by atoms with Crippen molar-refractivity contribution < 1.29 is 9.59 Å². The zero-order valence-electron chi connectivity index (χ0n) is 18.0. The van der Waals surface area contributed by atoms with E-state index < -0.39 is 0 Å². The third-order valence-electron chi connectivity index (χ3n) is 5.82. The second-order valence-corrected chi connectivity index (χ2v) is 8.37. The van der Waals surface area contributed by atoms with Crippen LogP contribution in [-0.4, -0.2) is 21.6 Å². The standard InChI is InChI=1S/C26H21ClN4O2/c1-17-6-2-4-8-21(17)25(32)29-19-10-11-22(23(27)14-19)26(33)30-16-20-12-13-28-31(20)15-18-7-3-5-9-24(18)30/h2-14H,15-16H2,1H3,(H,29,32). The van der Waals surface area contributed by atoms with Crippen LogP contribution in [0, 0.1) is 6.92 Å². The molecule has 2 amide bonds. The van der Waals surface area contributed by atoms with Crippen LogP contribution in [0.15, 0.2) is 79.0 Å². The summed E-state index contributed by atoms with van der Waals surface area (Å²) in [7, 11) is 0. The number of fused-ring (bicyclic) bond motifs is 2. The van der Waals surface area contributed by atoms with Gasteiger partial charge in [-0.15, -0.1) is 0 Å². The molecule has 3 aromatic carbocycles. The lowest BCUT2D eigenvalue weighted by Gasteiger charge is -2.23. The van der Waals surface area contributed by atoms with Gasteiger partial charge in [-0.05, 0) is 54.4 Å². The first kappa shape index (κ1) is 21.0. The molecule has 7 heteroatoms. The molecule has 1 aliphatic rings. The van der Waals surface area contributed by atoms with Crippen LogP contribution in [0.5, 0.6) is 0 Å². The second-order valence-electron chi connectivity index (χ2n) is 7.96. The lowest BCUT2D eigenvalue weighted by molar-refractivity contribution is 0.0984. The number of carbonyl (C=O) groups is 2. The molecule has 0 atom stereocenters. The minimum Gasteiger partial charge on any atom is -0.322 e. The van der Waals surface area contributed by atoms with E-state index in [1.807, 2.05) is 60.1 Å². The zero-order valence-corrected chi connectivity index (χ0v) is 18.7. The minimum atomic E-state index is -0.224. The number of aryl methyl sites for hydroxylation is 1. The minimum absolute atomic E-state index is 0.209. The molecule has 0 saturated carbocycles. The van der Waals surface area contributed by atoms with Gasteiger partial charge < -0.3 is 10.2 Å². The van der Waals surface area contributed by atoms with Crippen molar-refractivity contribution in [3.8, 4) is 0 Å². The number of hydrogen-bond donors (Lipinski definition) is 1. The van der Waals surface area contributed by atoms with Crippen LogP contribution in [0.4, 0.5) is 11.4 Å². The fraction of sp³-hybridized carbons (Fsp3) is 0.115. The Labute approximate surface area is 196 Å². The maximum absolute atomic E-state index is 13.6. The van der Waals surface area contributed by atoms with Gasteiger partial charge in [0.1, 0.15) is 0 Å². The van der Waals surface area contributed by atoms with Crippen molar-refractivity contribution in [2.75, 3.05) is 10.2 Å². The summed E-state index contributed by atoms with van der Waals surface area (Å²) in [6.07, 6.45) is 1.74. The summed E-state index contributed by atoms with van der Waals surface area (Å²) in [6, 6.07) is 22.0. The molecule has 0 aliphatic carbocycles. The quantitative estimate of drug-likeness (QED) is 0.454. The molecule has 1 N–H and O–H groups in total. The van der Waals surface area contributed by atoms with Gasteiger partial charge in [-0.2, -0.15) is 5.10 Å². The normalized spacial score (nSPS) is 12.5. The molecule has 33 heavy (non-hydrogen) atoms. The summed E-state index contributed by atoms with van der Waals surface area (Å²) in [6.45, 7) is 2.87. The van der Waals surface area contributed by atoms with Crippen LogP contribution >= 0.6 is 11.6 Å². The molecule has 6 nitrogen and oxygen atoms in total. The number of carbonyl (C=O) groups excluding carboxylic acids is 2. The fourth-order valence-electron chi connectivity index (χ4n) is 4.07. The van der Waals surface area contributed by atoms with Gasteiger partial charge in [0, 0.05) is 23.1 Å². The van der Waals surface area contributed by atoms with Crippen LogP contribution < -0.4 is 10.2 Å². The van der Waals surface area contributed by atoms with E-state index in [4.69, 9.17) is 11.6 Å². The number of amides is 2. The molecule has 0 fully saturated rings. The predicted octanol–water partition coefficient (Wildman–Crippen LogP) is 5.31. The summed E-state index contributed by atoms with van der Waals surface area (Å²) >= 11 is 6.53. The highest BCUT2D eigenvalue weighted by molar-refractivity contribution is 6.35. The number of nitrogens with zero attached hydrogens (tertiary/aromatic N) is 3. The molecular formula is C26H21ClN4O2. The van der Waals surface area contributed by atoms with Crippen LogP contribution in [0.25, 0.3) is 0 Å². The van der Waals surface area contributed by atoms with Crippen molar-refractivity contribution in [3.05, 3.63) is 112 Å². The Kier molecular flexibility index (Phi) is 5.44. The van der Waals surface area contributed by atoms with E-state index in [0.717, 1.165) is 22.5 Å². The first-order valence-corrected chi connectivity index (χ1v) is 11.0. The number of hydrogen-bond acceptors (Lipinski definition) is 3. The summed E-state index contributed by atoms with van der Waals surface area (Å²) in [5, 5.41) is 7.52. The van der Waals surface area contributed by atoms with Crippen LogP contribution in [-0.2, 0) is 13.1 Å². The van der Waals surface area contributed by atoms with E-state index in [9.17, 15) is 9.59 Å². The van der Waals surface area contributed by atoms with Crippen LogP contribution in [0.2, 0.25) is 5.02 Å². The highest BCUT2D eigenvalue weighted by Crippen LogP contribution is 2.31. The summed E-state index contributed by atoms with van der Waals surface area (Å²) in [4.78, 5) is 28.0. The van der Waals surface area contributed by atoms with E-state index in [2.05, 4.69) is 10.4 Å². The average molecular weight is 457 g/mol. The topological polar surface area (TPSA) is 67.2 Å². The molecule has 0 spiro atoms. The van der Waals surface area contributed by atoms with Crippen LogP contribution in [0.1, 0.15) is 37.5 Å². The Morgan fingerprint density at radius 3 is 2.55 bits per heavy atom. The first-order chi connectivity index (χ1) is 16.0. The molecule has 164 valence electrons. The highest BCUT2D eigenvalue weighted by Gasteiger charge is 2.26. The van der Waals surface area contributed by atoms with Crippen molar-refractivity contribution in [2.45, 2.75) is 20.0 Å². The summed E-state index contributed by atoms with van der Waals surface area (Å²) < 4.78 is 1.90. The number of aromatic nitrogens is 2. The second kappa shape index (κ2) is 8.56. The molecule has 1 aliphatic heterocycles. The Morgan fingerprint density at radius 2 is 1.73 bits per heavy atom. The largest absolute Gasteiger partial charge is 0.322 e. The molecule has 0 bridgehead atoms. The van der Waals surface area contributed by atoms with E-state index in [1.165, 1.54) is 0 Å². The van der Waals surface area contributed by atoms with Crippen LogP contribution in [0.3, 0.4) is 0 Å². The molecule has 4 aromatic rings. The van der Waals surface area contributed by atoms with Crippen molar-refractivity contribution in [1.82, 2.24) is 9.78 Å². The number of para-hydroxylation sites is 1.